The van der Waals surface area contributed by atoms with Gasteiger partial charge in [-0.1, -0.05) is 18.0 Å². The molecule has 0 saturated carbocycles. The van der Waals surface area contributed by atoms with Crippen molar-refractivity contribution < 1.29 is 9.53 Å². The predicted molar refractivity (Wildman–Crippen MR) is 91.5 cm³/mol. The number of ether oxygens (including phenoxy) is 1. The van der Waals surface area contributed by atoms with Crippen molar-refractivity contribution in [3.8, 4) is 5.75 Å². The fourth-order valence-electron chi connectivity index (χ4n) is 2.74. The lowest BCUT2D eigenvalue weighted by molar-refractivity contribution is 0.103. The SMILES string of the molecule is COc1ccc(Cl)cc1NC(=O)c1cc2c(s1)CCCCC2. The molecule has 0 radical (unpaired) electrons. The van der Waals surface area contributed by atoms with Gasteiger partial charge in [-0.25, -0.2) is 0 Å². The van der Waals surface area contributed by atoms with Crippen LogP contribution in [0.15, 0.2) is 24.3 Å². The van der Waals surface area contributed by atoms with Gasteiger partial charge in [-0.3, -0.25) is 4.79 Å². The summed E-state index contributed by atoms with van der Waals surface area (Å²) in [6.07, 6.45) is 5.89. The van der Waals surface area contributed by atoms with E-state index in [1.165, 1.54) is 29.7 Å². The third kappa shape index (κ3) is 3.28. The van der Waals surface area contributed by atoms with Crippen molar-refractivity contribution in [1.82, 2.24) is 0 Å². The highest BCUT2D eigenvalue weighted by molar-refractivity contribution is 7.14. The largest absolute Gasteiger partial charge is 0.495 e. The Hall–Kier alpha value is -1.52. The highest BCUT2D eigenvalue weighted by Crippen LogP contribution is 2.31. The lowest BCUT2D eigenvalue weighted by atomic mass is 10.1. The molecule has 0 saturated heterocycles. The second kappa shape index (κ2) is 6.71. The van der Waals surface area contributed by atoms with Crippen LogP contribution < -0.4 is 10.1 Å². The van der Waals surface area contributed by atoms with E-state index in [1.54, 1.807) is 36.6 Å². The monoisotopic (exact) mass is 335 g/mol. The summed E-state index contributed by atoms with van der Waals surface area (Å²) in [7, 11) is 1.58. The van der Waals surface area contributed by atoms with Crippen molar-refractivity contribution >= 4 is 34.5 Å². The average molecular weight is 336 g/mol. The van der Waals surface area contributed by atoms with Crippen molar-refractivity contribution in [3.63, 3.8) is 0 Å². The van der Waals surface area contributed by atoms with E-state index in [4.69, 9.17) is 16.3 Å². The first-order valence-electron chi connectivity index (χ1n) is 7.44. The molecule has 1 aromatic carbocycles. The zero-order chi connectivity index (χ0) is 15.5. The fourth-order valence-corrected chi connectivity index (χ4v) is 4.06. The number of aryl methyl sites for hydroxylation is 2. The number of hydrogen-bond donors (Lipinski definition) is 1. The van der Waals surface area contributed by atoms with E-state index in [9.17, 15) is 4.79 Å². The number of amides is 1. The zero-order valence-electron chi connectivity index (χ0n) is 12.4. The Balaban J connectivity index is 1.82. The summed E-state index contributed by atoms with van der Waals surface area (Å²) in [5.74, 6) is 0.509. The van der Waals surface area contributed by atoms with E-state index in [2.05, 4.69) is 5.32 Å². The van der Waals surface area contributed by atoms with Crippen molar-refractivity contribution in [2.75, 3.05) is 12.4 Å². The first-order chi connectivity index (χ1) is 10.7. The van der Waals surface area contributed by atoms with E-state index in [1.807, 2.05) is 6.07 Å². The van der Waals surface area contributed by atoms with Crippen LogP contribution in [-0.4, -0.2) is 13.0 Å². The number of fused-ring (bicyclic) bond motifs is 1. The summed E-state index contributed by atoms with van der Waals surface area (Å²) in [4.78, 5) is 14.6. The topological polar surface area (TPSA) is 38.3 Å². The molecule has 22 heavy (non-hydrogen) atoms. The molecule has 1 aliphatic rings. The number of thiophene rings is 1. The van der Waals surface area contributed by atoms with Crippen molar-refractivity contribution in [2.24, 2.45) is 0 Å². The second-order valence-corrected chi connectivity index (χ2v) is 6.99. The van der Waals surface area contributed by atoms with E-state index in [-0.39, 0.29) is 5.91 Å². The Kier molecular flexibility index (Phi) is 4.69. The molecule has 1 amide bonds. The number of benzene rings is 1. The molecule has 1 N–H and O–H groups in total. The Morgan fingerprint density at radius 3 is 2.86 bits per heavy atom. The van der Waals surface area contributed by atoms with Gasteiger partial charge in [0.25, 0.3) is 5.91 Å². The molecule has 2 aromatic rings. The number of hydrogen-bond acceptors (Lipinski definition) is 3. The second-order valence-electron chi connectivity index (χ2n) is 5.42. The van der Waals surface area contributed by atoms with Crippen LogP contribution in [0.25, 0.3) is 0 Å². The molecule has 0 atom stereocenters. The maximum atomic E-state index is 12.5. The van der Waals surface area contributed by atoms with Gasteiger partial charge in [0.15, 0.2) is 0 Å². The van der Waals surface area contributed by atoms with E-state index >= 15 is 0 Å². The van der Waals surface area contributed by atoms with Crippen LogP contribution in [-0.2, 0) is 12.8 Å². The van der Waals surface area contributed by atoms with Crippen molar-refractivity contribution in [3.05, 3.63) is 44.6 Å². The molecular weight excluding hydrogens is 318 g/mol. The number of carbonyl (C=O) groups is 1. The number of halogens is 1. The quantitative estimate of drug-likeness (QED) is 0.807. The lowest BCUT2D eigenvalue weighted by Gasteiger charge is -2.09. The van der Waals surface area contributed by atoms with Crippen LogP contribution in [0, 0.1) is 0 Å². The number of rotatable bonds is 3. The zero-order valence-corrected chi connectivity index (χ0v) is 14.0. The van der Waals surface area contributed by atoms with Crippen LogP contribution in [0.2, 0.25) is 5.02 Å². The molecular formula is C17H18ClNO2S. The van der Waals surface area contributed by atoms with E-state index in [0.29, 0.717) is 16.5 Å². The Bertz CT molecular complexity index is 672. The molecule has 1 heterocycles. The number of carbonyl (C=O) groups excluding carboxylic acids is 1. The summed E-state index contributed by atoms with van der Waals surface area (Å²) in [6.45, 7) is 0. The minimum Gasteiger partial charge on any atom is -0.495 e. The molecule has 5 heteroatoms. The molecule has 1 aromatic heterocycles. The number of anilines is 1. The van der Waals surface area contributed by atoms with Gasteiger partial charge >= 0.3 is 0 Å². The summed E-state index contributed by atoms with van der Waals surface area (Å²) < 4.78 is 5.26. The van der Waals surface area contributed by atoms with Crippen LogP contribution in [0.1, 0.15) is 39.4 Å². The molecule has 3 rings (SSSR count). The van der Waals surface area contributed by atoms with Crippen LogP contribution in [0.4, 0.5) is 5.69 Å². The van der Waals surface area contributed by atoms with Crippen LogP contribution in [0.3, 0.4) is 0 Å². The first-order valence-corrected chi connectivity index (χ1v) is 8.63. The van der Waals surface area contributed by atoms with Gasteiger partial charge in [-0.15, -0.1) is 11.3 Å². The normalized spacial score (nSPS) is 14.1. The molecule has 0 aliphatic heterocycles. The first kappa shape index (κ1) is 15.4. The maximum Gasteiger partial charge on any atom is 0.265 e. The molecule has 3 nitrogen and oxygen atoms in total. The summed E-state index contributed by atoms with van der Waals surface area (Å²) in [5, 5.41) is 3.47. The Morgan fingerprint density at radius 1 is 1.23 bits per heavy atom. The van der Waals surface area contributed by atoms with Gasteiger partial charge in [0.2, 0.25) is 0 Å². The molecule has 1 aliphatic carbocycles. The standard InChI is InChI=1S/C17H18ClNO2S/c1-21-14-8-7-12(18)10-13(14)19-17(20)16-9-11-5-3-2-4-6-15(11)22-16/h7-10H,2-6H2,1H3,(H,19,20). The van der Waals surface area contributed by atoms with E-state index < -0.39 is 0 Å². The van der Waals surface area contributed by atoms with Gasteiger partial charge < -0.3 is 10.1 Å². The Labute approximate surface area is 139 Å². The van der Waals surface area contributed by atoms with Crippen LogP contribution in [0.5, 0.6) is 5.75 Å². The van der Waals surface area contributed by atoms with E-state index in [0.717, 1.165) is 17.7 Å². The molecule has 0 bridgehead atoms. The fraction of sp³-hybridized carbons (Fsp3) is 0.353. The molecule has 116 valence electrons. The molecule has 0 fully saturated rings. The summed E-state index contributed by atoms with van der Waals surface area (Å²) in [6, 6.07) is 7.24. The maximum absolute atomic E-state index is 12.5. The van der Waals surface area contributed by atoms with Crippen LogP contribution >= 0.6 is 22.9 Å². The number of methoxy groups -OCH3 is 1. The minimum absolute atomic E-state index is 0.0985. The summed E-state index contributed by atoms with van der Waals surface area (Å²) in [5.41, 5.74) is 1.94. The highest BCUT2D eigenvalue weighted by atomic mass is 35.5. The third-order valence-corrected chi connectivity index (χ3v) is 5.35. The van der Waals surface area contributed by atoms with Crippen molar-refractivity contribution in [1.29, 1.82) is 0 Å². The summed E-state index contributed by atoms with van der Waals surface area (Å²) >= 11 is 7.61. The Morgan fingerprint density at radius 2 is 2.05 bits per heavy atom. The van der Waals surface area contributed by atoms with Gasteiger partial charge in [0.1, 0.15) is 5.75 Å². The van der Waals surface area contributed by atoms with Gasteiger partial charge in [0, 0.05) is 9.90 Å². The minimum atomic E-state index is -0.0985. The van der Waals surface area contributed by atoms with Gasteiger partial charge in [-0.05, 0) is 55.5 Å². The highest BCUT2D eigenvalue weighted by Gasteiger charge is 2.17. The molecule has 0 spiro atoms. The van der Waals surface area contributed by atoms with Gasteiger partial charge in [-0.2, -0.15) is 0 Å². The number of nitrogens with one attached hydrogen (secondary N) is 1. The third-order valence-electron chi connectivity index (χ3n) is 3.88. The smallest absolute Gasteiger partial charge is 0.265 e. The van der Waals surface area contributed by atoms with Gasteiger partial charge in [0.05, 0.1) is 17.7 Å². The molecule has 0 unspecified atom stereocenters. The van der Waals surface area contributed by atoms with Crippen molar-refractivity contribution in [2.45, 2.75) is 32.1 Å². The predicted octanol–water partition coefficient (Wildman–Crippen LogP) is 4.93. The lowest BCUT2D eigenvalue weighted by Crippen LogP contribution is -2.11. The average Bonchev–Trinajstić information content (AvgIpc) is 2.79.